The molecule has 1 heterocycles. The lowest BCUT2D eigenvalue weighted by molar-refractivity contribution is -0.134. The number of aromatic hydroxyl groups is 2. The van der Waals surface area contributed by atoms with Gasteiger partial charge in [-0.25, -0.2) is 19.2 Å². The highest BCUT2D eigenvalue weighted by atomic mass is 16.6. The van der Waals surface area contributed by atoms with Gasteiger partial charge in [0.25, 0.3) is 0 Å². The number of hydrogen-bond donors (Lipinski definition) is 11. The predicted molar refractivity (Wildman–Crippen MR) is 283 cm³/mol. The van der Waals surface area contributed by atoms with Crippen molar-refractivity contribution >= 4 is 53.9 Å². The summed E-state index contributed by atoms with van der Waals surface area (Å²) in [6.07, 6.45) is -3.87. The monoisotopic (exact) mass is 1080 g/mol. The van der Waals surface area contributed by atoms with Crippen LogP contribution in [0.25, 0.3) is 11.1 Å². The van der Waals surface area contributed by atoms with Crippen molar-refractivity contribution in [2.75, 3.05) is 19.6 Å². The minimum absolute atomic E-state index is 0.0263. The van der Waals surface area contributed by atoms with E-state index in [4.69, 9.17) is 24.7 Å². The van der Waals surface area contributed by atoms with Crippen LogP contribution in [-0.4, -0.2) is 136 Å². The lowest BCUT2D eigenvalue weighted by Gasteiger charge is -2.27. The van der Waals surface area contributed by atoms with Crippen LogP contribution in [0.2, 0.25) is 0 Å². The zero-order valence-corrected chi connectivity index (χ0v) is 46.4. The number of carbonyl (C=O) groups is 9. The first-order chi connectivity index (χ1) is 35.6. The summed E-state index contributed by atoms with van der Waals surface area (Å²) in [7, 11) is 0. The Kier molecular flexibility index (Phi) is 23.2. The van der Waals surface area contributed by atoms with Gasteiger partial charge >= 0.3 is 24.4 Å². The largest absolute Gasteiger partial charge is 0.508 e. The Morgan fingerprint density at radius 2 is 1.12 bits per heavy atom. The third-order valence-corrected chi connectivity index (χ3v) is 10.9. The smallest absolute Gasteiger partial charge is 0.408 e. The second kappa shape index (κ2) is 28.0. The number of phenols is 2. The number of fused-ring (bicyclic) bond motifs is 5. The maximum Gasteiger partial charge on any atom is 0.408 e. The molecular formula is C53H81N9O15. The van der Waals surface area contributed by atoms with E-state index >= 15 is 0 Å². The highest BCUT2D eigenvalue weighted by Gasteiger charge is 2.34. The van der Waals surface area contributed by atoms with E-state index in [-0.39, 0.29) is 80.8 Å². The standard InChI is InChI=1S/C53H81N9O15/c1-50(2,3)74-46(70)55-23-13-15-34(58-48(72)76-52(7,8)9)29-57-41(65)22-19-35(42(54)66)59-44(68)37-27-32-25-30(17-20-39(32)63)31-18-21-40(64)33(26-31)28-38(62-49(73)77-53(10,11)12)45(69)60-36(43(67)61-37)16-14-24-56-47(71)75-51(4,5)6/h17-18,20-21,25-26,34-38,63-64H,13-16,19,22-24,27-29H2,1-12H3,(H2,54,66)(H,55,70)(H,56,71)(H,57,65)(H,58,72)(H,59,68)(H,60,69)(H,61,67)(H,62,73)/t34-,35-,36-,37-,38-/m0/s1. The number of rotatable bonds is 18. The van der Waals surface area contributed by atoms with E-state index in [0.717, 1.165) is 0 Å². The lowest BCUT2D eigenvalue weighted by atomic mass is 9.95. The first kappa shape index (κ1) is 63.8. The van der Waals surface area contributed by atoms with Crippen molar-refractivity contribution in [3.8, 4) is 22.6 Å². The summed E-state index contributed by atoms with van der Waals surface area (Å²) in [6.45, 7) is 20.2. The first-order valence-electron chi connectivity index (χ1n) is 25.6. The molecule has 4 bridgehead atoms. The van der Waals surface area contributed by atoms with Crippen LogP contribution in [0.4, 0.5) is 19.2 Å². The average molecular weight is 1080 g/mol. The second-order valence-electron chi connectivity index (χ2n) is 22.7. The molecule has 1 aliphatic rings. The topological polar surface area (TPSA) is 353 Å². The molecule has 5 atom stereocenters. The summed E-state index contributed by atoms with van der Waals surface area (Å²) in [6, 6.07) is 2.38. The molecule has 0 saturated carbocycles. The van der Waals surface area contributed by atoms with E-state index in [2.05, 4.69) is 42.5 Å². The summed E-state index contributed by atoms with van der Waals surface area (Å²) in [5.41, 5.74) is 3.80. The van der Waals surface area contributed by atoms with Gasteiger partial charge in [-0.1, -0.05) is 12.1 Å². The Hall–Kier alpha value is -7.53. The molecule has 0 spiro atoms. The number of nitrogens with two attached hydrogens (primary N) is 1. The zero-order valence-electron chi connectivity index (χ0n) is 46.4. The second-order valence-corrected chi connectivity index (χ2v) is 22.7. The quantitative estimate of drug-likeness (QED) is 0.0740. The van der Waals surface area contributed by atoms with Gasteiger partial charge in [0, 0.05) is 44.9 Å². The molecule has 0 aliphatic carbocycles. The normalized spacial score (nSPS) is 17.0. The van der Waals surface area contributed by atoms with Gasteiger partial charge in [-0.05, 0) is 162 Å². The van der Waals surface area contributed by atoms with Crippen LogP contribution in [0.3, 0.4) is 0 Å². The van der Waals surface area contributed by atoms with Crippen molar-refractivity contribution in [1.29, 1.82) is 0 Å². The predicted octanol–water partition coefficient (Wildman–Crippen LogP) is 4.10. The van der Waals surface area contributed by atoms with Crippen molar-refractivity contribution in [3.05, 3.63) is 47.5 Å². The Morgan fingerprint density at radius 1 is 0.623 bits per heavy atom. The molecule has 2 aromatic rings. The van der Waals surface area contributed by atoms with E-state index in [9.17, 15) is 53.4 Å². The Balaban J connectivity index is 1.94. The summed E-state index contributed by atoms with van der Waals surface area (Å²) < 4.78 is 21.4. The van der Waals surface area contributed by atoms with Gasteiger partial charge in [0.1, 0.15) is 58.1 Å². The van der Waals surface area contributed by atoms with Gasteiger partial charge in [0.15, 0.2) is 0 Å². The van der Waals surface area contributed by atoms with E-state index < -0.39 is 113 Å². The van der Waals surface area contributed by atoms with Gasteiger partial charge in [-0.15, -0.1) is 0 Å². The zero-order chi connectivity index (χ0) is 58.1. The van der Waals surface area contributed by atoms with Crippen LogP contribution < -0.4 is 48.3 Å². The molecule has 12 N–H and O–H groups in total. The number of hydrogen-bond acceptors (Lipinski definition) is 15. The Morgan fingerprint density at radius 3 is 1.64 bits per heavy atom. The SMILES string of the molecule is CC(C)(C)OC(=O)NCCC[C@@H](CNC(=O)CC[C@H](NC(=O)[C@@H]1Cc2cc(ccc2O)-c2ccc(O)c(c2)C[C@H](NC(=O)OC(C)(C)C)C(=O)N[C@@H](CCCNC(=O)OC(C)(C)C)C(=O)N1)C(N)=O)NC(=O)OC(C)(C)C. The van der Waals surface area contributed by atoms with E-state index in [0.29, 0.717) is 17.5 Å². The number of phenolic OH excluding ortho intramolecular Hbond substituents is 2. The van der Waals surface area contributed by atoms with Crippen molar-refractivity contribution in [2.24, 2.45) is 5.73 Å². The minimum atomic E-state index is -1.58. The van der Waals surface area contributed by atoms with E-state index in [1.165, 1.54) is 12.1 Å². The number of primary amides is 1. The van der Waals surface area contributed by atoms with Gasteiger partial charge in [0.2, 0.25) is 29.5 Å². The molecule has 0 saturated heterocycles. The molecule has 428 valence electrons. The van der Waals surface area contributed by atoms with Gasteiger partial charge < -0.3 is 77.4 Å². The maximum atomic E-state index is 14.5. The molecule has 24 heteroatoms. The number of nitrogens with one attached hydrogen (secondary N) is 8. The van der Waals surface area contributed by atoms with Crippen molar-refractivity contribution in [2.45, 2.75) is 187 Å². The van der Waals surface area contributed by atoms with Crippen molar-refractivity contribution in [3.63, 3.8) is 0 Å². The molecule has 1 aliphatic heterocycles. The molecule has 0 fully saturated rings. The number of benzene rings is 2. The Bertz CT molecular complexity index is 2420. The van der Waals surface area contributed by atoms with E-state index in [1.807, 2.05) is 0 Å². The van der Waals surface area contributed by atoms with Crippen LogP contribution >= 0.6 is 0 Å². The van der Waals surface area contributed by atoms with Gasteiger partial charge in [0.05, 0.1) is 0 Å². The third kappa shape index (κ3) is 24.8. The number of amides is 9. The fourth-order valence-corrected chi connectivity index (χ4v) is 7.50. The molecule has 3 rings (SSSR count). The molecule has 2 aromatic carbocycles. The van der Waals surface area contributed by atoms with Crippen LogP contribution in [-0.2, 0) is 55.8 Å². The highest BCUT2D eigenvalue weighted by Crippen LogP contribution is 2.31. The van der Waals surface area contributed by atoms with Gasteiger partial charge in [-0.3, -0.25) is 24.0 Å². The summed E-state index contributed by atoms with van der Waals surface area (Å²) in [5.74, 6) is -4.89. The van der Waals surface area contributed by atoms with Crippen LogP contribution in [0.15, 0.2) is 36.4 Å². The molecule has 0 unspecified atom stereocenters. The van der Waals surface area contributed by atoms with Crippen LogP contribution in [0, 0.1) is 0 Å². The molecule has 9 amide bonds. The molecule has 0 radical (unpaired) electrons. The fourth-order valence-electron chi connectivity index (χ4n) is 7.50. The molecule has 0 aromatic heterocycles. The lowest BCUT2D eigenvalue weighted by Crippen LogP contribution is -2.59. The van der Waals surface area contributed by atoms with E-state index in [1.54, 1.807) is 107 Å². The van der Waals surface area contributed by atoms with Crippen molar-refractivity contribution in [1.82, 2.24) is 42.5 Å². The van der Waals surface area contributed by atoms with Gasteiger partial charge in [-0.2, -0.15) is 0 Å². The minimum Gasteiger partial charge on any atom is -0.508 e. The maximum absolute atomic E-state index is 14.5. The van der Waals surface area contributed by atoms with Crippen LogP contribution in [0.1, 0.15) is 133 Å². The number of ether oxygens (including phenoxy) is 4. The summed E-state index contributed by atoms with van der Waals surface area (Å²) in [5, 5.41) is 43.2. The average Bonchev–Trinajstić information content (AvgIpc) is 3.27. The van der Waals surface area contributed by atoms with Crippen molar-refractivity contribution < 1.29 is 72.3 Å². The van der Waals surface area contributed by atoms with Crippen LogP contribution in [0.5, 0.6) is 11.5 Å². The third-order valence-electron chi connectivity index (χ3n) is 10.9. The number of carbonyl (C=O) groups excluding carboxylic acids is 9. The summed E-state index contributed by atoms with van der Waals surface area (Å²) in [4.78, 5) is 120. The molecule has 24 nitrogen and oxygen atoms in total. The summed E-state index contributed by atoms with van der Waals surface area (Å²) >= 11 is 0. The Labute approximate surface area is 450 Å². The molecular weight excluding hydrogens is 1000 g/mol. The number of alkyl carbamates (subject to hydrolysis) is 4. The highest BCUT2D eigenvalue weighted by molar-refractivity contribution is 5.95. The fraction of sp³-hybridized carbons (Fsp3) is 0.604. The molecule has 77 heavy (non-hydrogen) atoms. The first-order valence-corrected chi connectivity index (χ1v) is 25.6.